The highest BCUT2D eigenvalue weighted by Gasteiger charge is 2.36. The van der Waals surface area contributed by atoms with Crippen LogP contribution in [0.4, 0.5) is 9.52 Å². The molecule has 0 unspecified atom stereocenters. The lowest BCUT2D eigenvalue weighted by molar-refractivity contribution is -0.123. The van der Waals surface area contributed by atoms with Crippen LogP contribution in [0.2, 0.25) is 5.02 Å². The molecule has 0 aliphatic carbocycles. The first kappa shape index (κ1) is 24.8. The van der Waals surface area contributed by atoms with E-state index >= 15 is 0 Å². The van der Waals surface area contributed by atoms with Crippen LogP contribution in [0.25, 0.3) is 10.2 Å². The number of pyridine rings is 1. The lowest BCUT2D eigenvalue weighted by Gasteiger charge is -2.33. The smallest absolute Gasteiger partial charge is 0.245 e. The van der Waals surface area contributed by atoms with Crippen LogP contribution in [0.15, 0.2) is 71.9 Å². The van der Waals surface area contributed by atoms with Crippen molar-refractivity contribution in [3.05, 3.63) is 83.4 Å². The predicted octanol–water partition coefficient (Wildman–Crippen LogP) is 5.12. The van der Waals surface area contributed by atoms with Gasteiger partial charge in [-0.15, -0.1) is 0 Å². The highest BCUT2D eigenvalue weighted by atomic mass is 35.5. The molecule has 0 radical (unpaired) electrons. The average molecular weight is 545 g/mol. The Labute approximate surface area is 217 Å². The number of halogens is 2. The minimum Gasteiger partial charge on any atom is -0.283 e. The van der Waals surface area contributed by atoms with Gasteiger partial charge in [0.25, 0.3) is 0 Å². The van der Waals surface area contributed by atoms with E-state index in [4.69, 9.17) is 11.6 Å². The number of anilines is 1. The van der Waals surface area contributed by atoms with Gasteiger partial charge in [-0.25, -0.2) is 17.8 Å². The fourth-order valence-electron chi connectivity index (χ4n) is 4.27. The first-order valence-electron chi connectivity index (χ1n) is 11.3. The summed E-state index contributed by atoms with van der Waals surface area (Å²) in [6, 6.07) is 14.4. The number of thiazole rings is 1. The van der Waals surface area contributed by atoms with E-state index in [1.807, 2.05) is 24.3 Å². The summed E-state index contributed by atoms with van der Waals surface area (Å²) in [7, 11) is -3.98. The number of aromatic nitrogens is 2. The molecule has 7 nitrogen and oxygen atoms in total. The normalized spacial score (nSPS) is 15.3. The lowest BCUT2D eigenvalue weighted by Crippen LogP contribution is -2.44. The number of hydrogen-bond donors (Lipinski definition) is 0. The molecule has 1 amide bonds. The van der Waals surface area contributed by atoms with Crippen molar-refractivity contribution in [2.75, 3.05) is 18.0 Å². The largest absolute Gasteiger partial charge is 0.283 e. The average Bonchev–Trinajstić information content (AvgIpc) is 3.30. The highest BCUT2D eigenvalue weighted by molar-refractivity contribution is 7.89. The number of fused-ring (bicyclic) bond motifs is 1. The van der Waals surface area contributed by atoms with Crippen LogP contribution in [-0.2, 0) is 21.4 Å². The van der Waals surface area contributed by atoms with E-state index in [0.717, 1.165) is 21.8 Å². The Morgan fingerprint density at radius 3 is 2.64 bits per heavy atom. The third-order valence-electron chi connectivity index (χ3n) is 6.16. The standard InChI is InChI=1S/C25H22ClFN4O3S2/c26-19-7-8-21-22(14-19)35-25(29-21)31(16-17-4-3-11-28-15-17)24(32)18-9-12-30(13-10-18)36(33,34)23-6-2-1-5-20(23)27/h1-8,11,14-15,18H,9-10,12-13,16H2. The SMILES string of the molecule is O=C(C1CCN(S(=O)(=O)c2ccccc2F)CC1)N(Cc1cccnc1)c1nc2ccc(Cl)cc2s1. The van der Waals surface area contributed by atoms with E-state index in [1.54, 1.807) is 23.4 Å². The number of benzene rings is 2. The molecule has 3 heterocycles. The topological polar surface area (TPSA) is 83.5 Å². The van der Waals surface area contributed by atoms with E-state index < -0.39 is 21.8 Å². The minimum absolute atomic E-state index is 0.128. The molecule has 0 saturated carbocycles. The number of rotatable bonds is 6. The van der Waals surface area contributed by atoms with Crippen molar-refractivity contribution in [1.29, 1.82) is 0 Å². The predicted molar refractivity (Wildman–Crippen MR) is 138 cm³/mol. The number of sulfonamides is 1. The molecule has 0 bridgehead atoms. The van der Waals surface area contributed by atoms with Crippen molar-refractivity contribution in [2.24, 2.45) is 5.92 Å². The Morgan fingerprint density at radius 2 is 1.92 bits per heavy atom. The van der Waals surface area contributed by atoms with Gasteiger partial charge < -0.3 is 0 Å². The monoisotopic (exact) mass is 544 g/mol. The Hall–Kier alpha value is -2.92. The van der Waals surface area contributed by atoms with E-state index in [0.29, 0.717) is 23.0 Å². The molecule has 186 valence electrons. The highest BCUT2D eigenvalue weighted by Crippen LogP contribution is 2.34. The lowest BCUT2D eigenvalue weighted by atomic mass is 9.96. The molecule has 36 heavy (non-hydrogen) atoms. The number of piperidine rings is 1. The van der Waals surface area contributed by atoms with Crippen molar-refractivity contribution in [2.45, 2.75) is 24.3 Å². The molecule has 4 aromatic rings. The van der Waals surface area contributed by atoms with Gasteiger partial charge in [-0.05, 0) is 54.8 Å². The molecule has 2 aromatic heterocycles. The van der Waals surface area contributed by atoms with Gasteiger partial charge in [-0.2, -0.15) is 4.31 Å². The second kappa shape index (κ2) is 10.2. The number of carbonyl (C=O) groups is 1. The van der Waals surface area contributed by atoms with Crippen LogP contribution in [0.3, 0.4) is 0 Å². The van der Waals surface area contributed by atoms with Crippen molar-refractivity contribution >= 4 is 54.2 Å². The molecule has 1 aliphatic heterocycles. The molecular formula is C25H22ClFN4O3S2. The zero-order chi connectivity index (χ0) is 25.3. The molecule has 0 spiro atoms. The second-order valence-corrected chi connectivity index (χ2v) is 11.9. The van der Waals surface area contributed by atoms with E-state index in [1.165, 1.54) is 33.8 Å². The van der Waals surface area contributed by atoms with Crippen molar-refractivity contribution in [1.82, 2.24) is 14.3 Å². The Balaban J connectivity index is 1.38. The van der Waals surface area contributed by atoms with Gasteiger partial charge in [0.15, 0.2) is 5.13 Å². The third-order valence-corrected chi connectivity index (χ3v) is 9.37. The van der Waals surface area contributed by atoms with Gasteiger partial charge in [0.2, 0.25) is 15.9 Å². The summed E-state index contributed by atoms with van der Waals surface area (Å²) in [6.07, 6.45) is 4.02. The molecule has 0 N–H and O–H groups in total. The maximum atomic E-state index is 14.2. The summed E-state index contributed by atoms with van der Waals surface area (Å²) in [6.45, 7) is 0.542. The van der Waals surface area contributed by atoms with Gasteiger partial charge in [0.05, 0.1) is 16.8 Å². The number of hydrogen-bond acceptors (Lipinski definition) is 6. The van der Waals surface area contributed by atoms with E-state index in [9.17, 15) is 17.6 Å². The van der Waals surface area contributed by atoms with Gasteiger partial charge in [-0.1, -0.05) is 41.1 Å². The van der Waals surface area contributed by atoms with Gasteiger partial charge in [-0.3, -0.25) is 14.7 Å². The maximum absolute atomic E-state index is 14.2. The van der Waals surface area contributed by atoms with E-state index in [-0.39, 0.29) is 30.4 Å². The molecule has 1 aliphatic rings. The number of amides is 1. The third kappa shape index (κ3) is 4.99. The second-order valence-electron chi connectivity index (χ2n) is 8.50. The van der Waals surface area contributed by atoms with E-state index in [2.05, 4.69) is 9.97 Å². The number of carbonyl (C=O) groups excluding carboxylic acids is 1. The summed E-state index contributed by atoms with van der Waals surface area (Å²) in [5.41, 5.74) is 1.59. The maximum Gasteiger partial charge on any atom is 0.245 e. The van der Waals surface area contributed by atoms with Crippen LogP contribution in [0.1, 0.15) is 18.4 Å². The Bertz CT molecular complexity index is 1510. The molecule has 1 fully saturated rings. The summed E-state index contributed by atoms with van der Waals surface area (Å²) in [4.78, 5) is 23.9. The van der Waals surface area contributed by atoms with Crippen LogP contribution in [0.5, 0.6) is 0 Å². The molecule has 1 saturated heterocycles. The minimum atomic E-state index is -3.98. The molecule has 0 atom stereocenters. The summed E-state index contributed by atoms with van der Waals surface area (Å²) >= 11 is 7.51. The van der Waals surface area contributed by atoms with Crippen LogP contribution in [0, 0.1) is 11.7 Å². The summed E-state index contributed by atoms with van der Waals surface area (Å²) in [5.74, 6) is -1.31. The molecule has 2 aromatic carbocycles. The quantitative estimate of drug-likeness (QED) is 0.336. The molecule has 5 rings (SSSR count). The van der Waals surface area contributed by atoms with Gasteiger partial charge in [0.1, 0.15) is 10.7 Å². The molecular weight excluding hydrogens is 523 g/mol. The first-order chi connectivity index (χ1) is 17.3. The zero-order valence-electron chi connectivity index (χ0n) is 19.0. The van der Waals surface area contributed by atoms with Crippen molar-refractivity contribution in [3.8, 4) is 0 Å². The van der Waals surface area contributed by atoms with Crippen molar-refractivity contribution < 1.29 is 17.6 Å². The van der Waals surface area contributed by atoms with Gasteiger partial charge in [0, 0.05) is 36.4 Å². The zero-order valence-corrected chi connectivity index (χ0v) is 21.4. The van der Waals surface area contributed by atoms with Crippen LogP contribution < -0.4 is 4.90 Å². The van der Waals surface area contributed by atoms with Gasteiger partial charge >= 0.3 is 0 Å². The molecule has 11 heteroatoms. The fraction of sp³-hybridized carbons (Fsp3) is 0.240. The Morgan fingerprint density at radius 1 is 1.14 bits per heavy atom. The fourth-order valence-corrected chi connectivity index (χ4v) is 7.05. The summed E-state index contributed by atoms with van der Waals surface area (Å²) in [5, 5.41) is 1.13. The van der Waals surface area contributed by atoms with Crippen LogP contribution >= 0.6 is 22.9 Å². The summed E-state index contributed by atoms with van der Waals surface area (Å²) < 4.78 is 42.2. The Kier molecular flexibility index (Phi) is 7.03. The first-order valence-corrected chi connectivity index (χ1v) is 14.0. The van der Waals surface area contributed by atoms with Crippen LogP contribution in [-0.4, -0.2) is 41.7 Å². The number of nitrogens with zero attached hydrogens (tertiary/aromatic N) is 4. The van der Waals surface area contributed by atoms with Crippen molar-refractivity contribution in [3.63, 3.8) is 0 Å².